The van der Waals surface area contributed by atoms with E-state index < -0.39 is 5.97 Å². The van der Waals surface area contributed by atoms with Gasteiger partial charge in [0.25, 0.3) is 0 Å². The Labute approximate surface area is 164 Å². The number of benzene rings is 2. The van der Waals surface area contributed by atoms with Crippen LogP contribution in [0.15, 0.2) is 86.6 Å². The predicted octanol–water partition coefficient (Wildman–Crippen LogP) is 5.33. The van der Waals surface area contributed by atoms with Gasteiger partial charge in [0.2, 0.25) is 0 Å². The minimum atomic E-state index is -0.564. The maximum atomic E-state index is 12.4. The SMILES string of the molecule is O=C(/C=C/c1ccc(Cl)cc1)Oc1ccc2oc(-c3ccco3)cc(=O)c2c1. The molecule has 6 heteroatoms. The second-order valence-corrected chi connectivity index (χ2v) is 6.35. The van der Waals surface area contributed by atoms with Crippen molar-refractivity contribution in [3.63, 3.8) is 0 Å². The van der Waals surface area contributed by atoms with Crippen molar-refractivity contribution in [1.82, 2.24) is 0 Å². The molecule has 0 saturated heterocycles. The lowest BCUT2D eigenvalue weighted by Crippen LogP contribution is -2.05. The average molecular weight is 393 g/mol. The van der Waals surface area contributed by atoms with E-state index >= 15 is 0 Å². The molecule has 28 heavy (non-hydrogen) atoms. The Hall–Kier alpha value is -3.57. The van der Waals surface area contributed by atoms with Crippen LogP contribution in [0.3, 0.4) is 0 Å². The van der Waals surface area contributed by atoms with Crippen molar-refractivity contribution in [2.24, 2.45) is 0 Å². The molecule has 4 aromatic rings. The zero-order valence-corrected chi connectivity index (χ0v) is 15.2. The maximum Gasteiger partial charge on any atom is 0.336 e. The van der Waals surface area contributed by atoms with Gasteiger partial charge in [-0.05, 0) is 54.1 Å². The molecule has 5 nitrogen and oxygen atoms in total. The Balaban J connectivity index is 1.55. The van der Waals surface area contributed by atoms with Gasteiger partial charge in [-0.2, -0.15) is 0 Å². The van der Waals surface area contributed by atoms with Gasteiger partial charge in [-0.1, -0.05) is 23.7 Å². The molecular weight excluding hydrogens is 380 g/mol. The second-order valence-electron chi connectivity index (χ2n) is 5.92. The number of esters is 1. The summed E-state index contributed by atoms with van der Waals surface area (Å²) in [5.74, 6) is 0.474. The first-order valence-corrected chi connectivity index (χ1v) is 8.73. The van der Waals surface area contributed by atoms with Crippen LogP contribution in [0.25, 0.3) is 28.6 Å². The fraction of sp³-hybridized carbons (Fsp3) is 0. The van der Waals surface area contributed by atoms with Crippen LogP contribution >= 0.6 is 11.6 Å². The van der Waals surface area contributed by atoms with Gasteiger partial charge in [0.15, 0.2) is 16.9 Å². The first-order chi connectivity index (χ1) is 13.6. The third-order valence-corrected chi connectivity index (χ3v) is 4.21. The fourth-order valence-corrected chi connectivity index (χ4v) is 2.75. The van der Waals surface area contributed by atoms with Crippen LogP contribution in [-0.4, -0.2) is 5.97 Å². The number of halogens is 1. The summed E-state index contributed by atoms with van der Waals surface area (Å²) in [5.41, 5.74) is 0.920. The van der Waals surface area contributed by atoms with Crippen LogP contribution in [0.5, 0.6) is 5.75 Å². The van der Waals surface area contributed by atoms with E-state index in [0.717, 1.165) is 5.56 Å². The molecule has 4 rings (SSSR count). The molecule has 2 aromatic heterocycles. The third-order valence-electron chi connectivity index (χ3n) is 3.96. The maximum absolute atomic E-state index is 12.4. The van der Waals surface area contributed by atoms with Gasteiger partial charge in [-0.3, -0.25) is 4.79 Å². The molecule has 0 aliphatic heterocycles. The first-order valence-electron chi connectivity index (χ1n) is 8.36. The molecule has 2 aromatic carbocycles. The number of carbonyl (C=O) groups excluding carboxylic acids is 1. The van der Waals surface area contributed by atoms with Crippen molar-refractivity contribution in [3.8, 4) is 17.3 Å². The molecule has 0 atom stereocenters. The summed E-state index contributed by atoms with van der Waals surface area (Å²) in [5, 5.41) is 0.923. The molecule has 0 radical (unpaired) electrons. The summed E-state index contributed by atoms with van der Waals surface area (Å²) in [6.07, 6.45) is 4.42. The number of furan rings is 1. The summed E-state index contributed by atoms with van der Waals surface area (Å²) in [6.45, 7) is 0. The molecule has 0 unspecified atom stereocenters. The lowest BCUT2D eigenvalue weighted by Gasteiger charge is -2.04. The van der Waals surface area contributed by atoms with Crippen molar-refractivity contribution >= 4 is 34.6 Å². The molecule has 0 aliphatic carbocycles. The Morgan fingerprint density at radius 1 is 1.00 bits per heavy atom. The fourth-order valence-electron chi connectivity index (χ4n) is 2.63. The monoisotopic (exact) mass is 392 g/mol. The van der Waals surface area contributed by atoms with E-state index in [2.05, 4.69) is 0 Å². The van der Waals surface area contributed by atoms with Gasteiger partial charge in [-0.25, -0.2) is 4.79 Å². The van der Waals surface area contributed by atoms with E-state index in [1.165, 1.54) is 24.5 Å². The van der Waals surface area contributed by atoms with Gasteiger partial charge in [0.05, 0.1) is 11.6 Å². The van der Waals surface area contributed by atoms with Gasteiger partial charge in [-0.15, -0.1) is 0 Å². The van der Waals surface area contributed by atoms with Crippen LogP contribution in [0, 0.1) is 0 Å². The standard InChI is InChI=1S/C22H13ClO5/c23-15-6-3-14(4-7-15)5-10-22(25)27-16-8-9-19-17(12-16)18(24)13-21(28-19)20-2-1-11-26-20/h1-13H/b10-5+. The summed E-state index contributed by atoms with van der Waals surface area (Å²) in [6, 6.07) is 16.4. The molecule has 0 amide bonds. The van der Waals surface area contributed by atoms with Gasteiger partial charge < -0.3 is 13.6 Å². The minimum absolute atomic E-state index is 0.247. The minimum Gasteiger partial charge on any atom is -0.461 e. The van der Waals surface area contributed by atoms with Crippen LogP contribution in [-0.2, 0) is 4.79 Å². The normalized spacial score (nSPS) is 11.2. The molecule has 138 valence electrons. The third kappa shape index (κ3) is 3.89. The predicted molar refractivity (Wildman–Crippen MR) is 106 cm³/mol. The molecule has 2 heterocycles. The van der Waals surface area contributed by atoms with Crippen LogP contribution < -0.4 is 10.2 Å². The van der Waals surface area contributed by atoms with E-state index in [-0.39, 0.29) is 11.2 Å². The molecule has 0 aliphatic rings. The number of carbonyl (C=O) groups is 1. The molecule has 0 N–H and O–H groups in total. The molecule has 0 fully saturated rings. The van der Waals surface area contributed by atoms with Gasteiger partial charge >= 0.3 is 5.97 Å². The van der Waals surface area contributed by atoms with Crippen LogP contribution in [0.4, 0.5) is 0 Å². The number of hydrogen-bond donors (Lipinski definition) is 0. The highest BCUT2D eigenvalue weighted by Gasteiger charge is 2.11. The van der Waals surface area contributed by atoms with Crippen molar-refractivity contribution in [3.05, 3.63) is 93.8 Å². The van der Waals surface area contributed by atoms with Crippen molar-refractivity contribution < 1.29 is 18.4 Å². The lowest BCUT2D eigenvalue weighted by molar-refractivity contribution is -0.128. The van der Waals surface area contributed by atoms with Gasteiger partial charge in [0.1, 0.15) is 11.3 Å². The smallest absolute Gasteiger partial charge is 0.336 e. The van der Waals surface area contributed by atoms with E-state index in [0.29, 0.717) is 27.5 Å². The zero-order chi connectivity index (χ0) is 19.5. The quantitative estimate of drug-likeness (QED) is 0.267. The number of fused-ring (bicyclic) bond motifs is 1. The highest BCUT2D eigenvalue weighted by atomic mass is 35.5. The number of hydrogen-bond acceptors (Lipinski definition) is 5. The van der Waals surface area contributed by atoms with Crippen molar-refractivity contribution in [2.45, 2.75) is 0 Å². The molecular formula is C22H13ClO5. The van der Waals surface area contributed by atoms with E-state index in [9.17, 15) is 9.59 Å². The summed E-state index contributed by atoms with van der Waals surface area (Å²) >= 11 is 5.83. The van der Waals surface area contributed by atoms with E-state index in [1.807, 2.05) is 0 Å². The number of rotatable bonds is 4. The Morgan fingerprint density at radius 2 is 1.82 bits per heavy atom. The van der Waals surface area contributed by atoms with Crippen molar-refractivity contribution in [1.29, 1.82) is 0 Å². The average Bonchev–Trinajstić information content (AvgIpc) is 3.23. The summed E-state index contributed by atoms with van der Waals surface area (Å²) in [7, 11) is 0. The largest absolute Gasteiger partial charge is 0.461 e. The first kappa shape index (κ1) is 17.8. The highest BCUT2D eigenvalue weighted by molar-refractivity contribution is 6.30. The zero-order valence-electron chi connectivity index (χ0n) is 14.4. The Bertz CT molecular complexity index is 1220. The number of ether oxygens (including phenoxy) is 1. The summed E-state index contributed by atoms with van der Waals surface area (Å²) < 4.78 is 16.2. The van der Waals surface area contributed by atoms with E-state index in [1.54, 1.807) is 54.6 Å². The lowest BCUT2D eigenvalue weighted by atomic mass is 10.2. The van der Waals surface area contributed by atoms with Gasteiger partial charge in [0, 0.05) is 17.2 Å². The molecule has 0 bridgehead atoms. The van der Waals surface area contributed by atoms with Crippen molar-refractivity contribution in [2.75, 3.05) is 0 Å². The Morgan fingerprint density at radius 3 is 2.57 bits per heavy atom. The highest BCUT2D eigenvalue weighted by Crippen LogP contribution is 2.25. The Kier molecular flexibility index (Phi) is 4.83. The second kappa shape index (κ2) is 7.58. The molecule has 0 saturated carbocycles. The summed E-state index contributed by atoms with van der Waals surface area (Å²) in [4.78, 5) is 24.4. The van der Waals surface area contributed by atoms with Crippen LogP contribution in [0.2, 0.25) is 5.02 Å². The van der Waals surface area contributed by atoms with Crippen LogP contribution in [0.1, 0.15) is 5.56 Å². The van der Waals surface area contributed by atoms with E-state index in [4.69, 9.17) is 25.2 Å². The topological polar surface area (TPSA) is 69.7 Å². The molecule has 0 spiro atoms.